The summed E-state index contributed by atoms with van der Waals surface area (Å²) in [5.41, 5.74) is -0.861. The Hall–Kier alpha value is -1.06. The van der Waals surface area contributed by atoms with Crippen molar-refractivity contribution in [2.24, 2.45) is 11.3 Å². The summed E-state index contributed by atoms with van der Waals surface area (Å²) in [7, 11) is 0. The number of carboxylic acids is 1. The van der Waals surface area contributed by atoms with Gasteiger partial charge in [0, 0.05) is 0 Å². The topological polar surface area (TPSA) is 63.6 Å². The molecule has 0 saturated heterocycles. The summed E-state index contributed by atoms with van der Waals surface area (Å²) < 4.78 is 5.47. The number of ether oxygens (including phenoxy) is 1. The monoisotopic (exact) mass is 314 g/mol. The molecule has 0 heterocycles. The number of unbranched alkanes of at least 4 members (excludes halogenated alkanes) is 2. The molecular weight excluding hydrogens is 280 g/mol. The van der Waals surface area contributed by atoms with E-state index in [1.165, 1.54) is 0 Å². The van der Waals surface area contributed by atoms with Crippen molar-refractivity contribution < 1.29 is 19.4 Å². The zero-order valence-corrected chi connectivity index (χ0v) is 14.8. The molecule has 0 fully saturated rings. The molecule has 2 unspecified atom stereocenters. The average molecular weight is 314 g/mol. The molecule has 22 heavy (non-hydrogen) atoms. The number of carbonyl (C=O) groups excluding carboxylic acids is 1. The third-order valence-corrected chi connectivity index (χ3v) is 4.35. The van der Waals surface area contributed by atoms with Crippen LogP contribution in [0.25, 0.3) is 0 Å². The maximum Gasteiger partial charge on any atom is 0.312 e. The predicted octanol–water partition coefficient (Wildman–Crippen LogP) is 4.81. The second-order valence-electron chi connectivity index (χ2n) is 6.18. The Morgan fingerprint density at radius 3 is 2.05 bits per heavy atom. The first-order valence-electron chi connectivity index (χ1n) is 8.90. The molecule has 1 N–H and O–H groups in total. The Morgan fingerprint density at radius 1 is 0.955 bits per heavy atom. The van der Waals surface area contributed by atoms with Crippen LogP contribution < -0.4 is 0 Å². The first-order chi connectivity index (χ1) is 10.5. The fourth-order valence-electron chi connectivity index (χ4n) is 3.14. The number of aliphatic carboxylic acids is 1. The van der Waals surface area contributed by atoms with Crippen molar-refractivity contribution in [1.82, 2.24) is 0 Å². The highest BCUT2D eigenvalue weighted by Crippen LogP contribution is 2.42. The van der Waals surface area contributed by atoms with E-state index in [2.05, 4.69) is 6.92 Å². The highest BCUT2D eigenvalue weighted by Gasteiger charge is 2.48. The van der Waals surface area contributed by atoms with Gasteiger partial charge in [0.05, 0.1) is 17.9 Å². The van der Waals surface area contributed by atoms with Crippen LogP contribution in [0, 0.1) is 11.3 Å². The van der Waals surface area contributed by atoms with Gasteiger partial charge in [0.2, 0.25) is 0 Å². The molecule has 0 saturated carbocycles. The fraction of sp³-hybridized carbons (Fsp3) is 0.889. The summed E-state index contributed by atoms with van der Waals surface area (Å²) in [5.74, 6) is -1.80. The van der Waals surface area contributed by atoms with E-state index in [0.717, 1.165) is 38.5 Å². The van der Waals surface area contributed by atoms with Gasteiger partial charge < -0.3 is 9.84 Å². The minimum Gasteiger partial charge on any atom is -0.481 e. The summed E-state index contributed by atoms with van der Waals surface area (Å²) in [4.78, 5) is 24.6. The van der Waals surface area contributed by atoms with Gasteiger partial charge in [0.15, 0.2) is 0 Å². The van der Waals surface area contributed by atoms with E-state index in [0.29, 0.717) is 25.9 Å². The van der Waals surface area contributed by atoms with Crippen LogP contribution in [0.1, 0.15) is 85.5 Å². The van der Waals surface area contributed by atoms with E-state index in [1.54, 1.807) is 0 Å². The molecule has 0 aromatic carbocycles. The van der Waals surface area contributed by atoms with Crippen LogP contribution in [0.2, 0.25) is 0 Å². The van der Waals surface area contributed by atoms with Gasteiger partial charge in [0.1, 0.15) is 0 Å². The maximum atomic E-state index is 12.8. The summed E-state index contributed by atoms with van der Waals surface area (Å²) in [6.07, 6.45) is 6.88. The Labute approximate surface area is 135 Å². The largest absolute Gasteiger partial charge is 0.481 e. The first-order valence-corrected chi connectivity index (χ1v) is 8.90. The summed E-state index contributed by atoms with van der Waals surface area (Å²) in [6.45, 7) is 8.47. The Bertz CT molecular complexity index is 327. The average Bonchev–Trinajstić information content (AvgIpc) is 2.49. The molecule has 0 aliphatic carbocycles. The molecule has 4 heteroatoms. The van der Waals surface area contributed by atoms with Crippen LogP contribution in [-0.2, 0) is 14.3 Å². The number of hydrogen-bond acceptors (Lipinski definition) is 3. The summed E-state index contributed by atoms with van der Waals surface area (Å²) >= 11 is 0. The lowest BCUT2D eigenvalue weighted by Crippen LogP contribution is -2.44. The van der Waals surface area contributed by atoms with E-state index in [4.69, 9.17) is 4.74 Å². The number of rotatable bonds is 13. The fourth-order valence-corrected chi connectivity index (χ4v) is 3.14. The molecule has 0 bridgehead atoms. The van der Waals surface area contributed by atoms with Gasteiger partial charge in [-0.25, -0.2) is 0 Å². The van der Waals surface area contributed by atoms with Crippen molar-refractivity contribution in [2.75, 3.05) is 6.61 Å². The highest BCUT2D eigenvalue weighted by atomic mass is 16.5. The number of hydrogen-bond donors (Lipinski definition) is 1. The number of carbonyl (C=O) groups is 2. The van der Waals surface area contributed by atoms with E-state index in [9.17, 15) is 14.7 Å². The maximum absolute atomic E-state index is 12.8. The lowest BCUT2D eigenvalue weighted by molar-refractivity contribution is -0.169. The van der Waals surface area contributed by atoms with E-state index in [-0.39, 0.29) is 5.97 Å². The van der Waals surface area contributed by atoms with Crippen molar-refractivity contribution in [1.29, 1.82) is 0 Å². The highest BCUT2D eigenvalue weighted by molar-refractivity contribution is 5.84. The minimum absolute atomic E-state index is 0.294. The Morgan fingerprint density at radius 2 is 1.59 bits per heavy atom. The second kappa shape index (κ2) is 11.5. The molecule has 2 atom stereocenters. The third-order valence-electron chi connectivity index (χ3n) is 4.35. The first kappa shape index (κ1) is 20.9. The van der Waals surface area contributed by atoms with Gasteiger partial charge in [-0.1, -0.05) is 59.8 Å². The summed E-state index contributed by atoms with van der Waals surface area (Å²) in [6, 6.07) is 0. The van der Waals surface area contributed by atoms with Gasteiger partial charge >= 0.3 is 11.9 Å². The Balaban J connectivity index is 5.43. The molecule has 0 spiro atoms. The smallest absolute Gasteiger partial charge is 0.312 e. The number of carboxylic acid groups (broad SMARTS) is 1. The SMILES string of the molecule is CCCCOC(=O)C(CCC)(CCCC)C(CCC)C(=O)O. The zero-order chi connectivity index (χ0) is 17.0. The van der Waals surface area contributed by atoms with Crippen molar-refractivity contribution >= 4 is 11.9 Å². The normalized spacial score (nSPS) is 15.1. The number of esters is 1. The van der Waals surface area contributed by atoms with E-state index < -0.39 is 17.3 Å². The van der Waals surface area contributed by atoms with Crippen LogP contribution >= 0.6 is 0 Å². The summed E-state index contributed by atoms with van der Waals surface area (Å²) in [5, 5.41) is 9.68. The van der Waals surface area contributed by atoms with Crippen LogP contribution in [0.15, 0.2) is 0 Å². The molecule has 0 radical (unpaired) electrons. The van der Waals surface area contributed by atoms with Gasteiger partial charge in [0.25, 0.3) is 0 Å². The molecule has 0 aliphatic heterocycles. The lowest BCUT2D eigenvalue weighted by atomic mass is 9.67. The quantitative estimate of drug-likeness (QED) is 0.391. The molecular formula is C18H34O4. The van der Waals surface area contributed by atoms with Crippen molar-refractivity contribution in [3.05, 3.63) is 0 Å². The van der Waals surface area contributed by atoms with Crippen LogP contribution in [0.3, 0.4) is 0 Å². The Kier molecular flexibility index (Phi) is 10.9. The molecule has 0 aliphatic rings. The molecule has 4 nitrogen and oxygen atoms in total. The third kappa shape index (κ3) is 5.98. The van der Waals surface area contributed by atoms with Crippen LogP contribution in [-0.4, -0.2) is 23.7 Å². The van der Waals surface area contributed by atoms with Crippen molar-refractivity contribution in [3.63, 3.8) is 0 Å². The second-order valence-corrected chi connectivity index (χ2v) is 6.18. The van der Waals surface area contributed by atoms with Gasteiger partial charge in [-0.3, -0.25) is 9.59 Å². The van der Waals surface area contributed by atoms with E-state index >= 15 is 0 Å². The van der Waals surface area contributed by atoms with Gasteiger partial charge in [-0.15, -0.1) is 0 Å². The standard InChI is InChI=1S/C18H34O4/c1-5-9-13-18(12-8-4,15(11-7-3)16(19)20)17(21)22-14-10-6-2/h15H,5-14H2,1-4H3,(H,19,20). The molecule has 0 aromatic heterocycles. The van der Waals surface area contributed by atoms with Crippen LogP contribution in [0.4, 0.5) is 0 Å². The zero-order valence-electron chi connectivity index (χ0n) is 14.8. The van der Waals surface area contributed by atoms with Crippen molar-refractivity contribution in [2.45, 2.75) is 85.5 Å². The molecule has 130 valence electrons. The molecule has 0 aromatic rings. The van der Waals surface area contributed by atoms with Gasteiger partial charge in [-0.05, 0) is 25.7 Å². The van der Waals surface area contributed by atoms with Crippen LogP contribution in [0.5, 0.6) is 0 Å². The minimum atomic E-state index is -0.862. The van der Waals surface area contributed by atoms with E-state index in [1.807, 2.05) is 20.8 Å². The molecule has 0 amide bonds. The van der Waals surface area contributed by atoms with Gasteiger partial charge in [-0.2, -0.15) is 0 Å². The van der Waals surface area contributed by atoms with Crippen molar-refractivity contribution in [3.8, 4) is 0 Å². The predicted molar refractivity (Wildman–Crippen MR) is 88.8 cm³/mol. The molecule has 0 rings (SSSR count). The lowest BCUT2D eigenvalue weighted by Gasteiger charge is -2.36.